The third-order valence-electron chi connectivity index (χ3n) is 3.98. The molecule has 7 heteroatoms. The molecule has 0 spiro atoms. The number of carbonyl (C=O) groups is 1. The van der Waals surface area contributed by atoms with Gasteiger partial charge in [0.05, 0.1) is 6.26 Å². The Hall–Kier alpha value is -2.90. The van der Waals surface area contributed by atoms with E-state index in [-0.39, 0.29) is 5.91 Å². The lowest BCUT2D eigenvalue weighted by molar-refractivity contribution is 0.102. The zero-order valence-corrected chi connectivity index (χ0v) is 16.7. The van der Waals surface area contributed by atoms with E-state index in [0.717, 1.165) is 21.2 Å². The average molecular weight is 408 g/mol. The summed E-state index contributed by atoms with van der Waals surface area (Å²) in [6.45, 7) is 1.89. The summed E-state index contributed by atoms with van der Waals surface area (Å²) in [5, 5.41) is 3.62. The largest absolute Gasteiger partial charge is 0.462 e. The second-order valence-corrected chi connectivity index (χ2v) is 8.28. The van der Waals surface area contributed by atoms with Crippen molar-refractivity contribution in [3.05, 3.63) is 83.3 Å². The fourth-order valence-electron chi connectivity index (χ4n) is 2.59. The van der Waals surface area contributed by atoms with Crippen LogP contribution in [0.5, 0.6) is 0 Å². The van der Waals surface area contributed by atoms with Gasteiger partial charge < -0.3 is 9.73 Å². The number of anilines is 1. The number of thiazole rings is 1. The Labute approximate surface area is 170 Å². The van der Waals surface area contributed by atoms with Crippen LogP contribution in [0, 0.1) is 6.92 Å². The first-order chi connectivity index (χ1) is 13.7. The highest BCUT2D eigenvalue weighted by atomic mass is 32.2. The molecule has 0 saturated heterocycles. The normalized spacial score (nSPS) is 10.8. The third-order valence-corrected chi connectivity index (χ3v) is 6.05. The van der Waals surface area contributed by atoms with Crippen molar-refractivity contribution in [1.82, 2.24) is 9.97 Å². The molecule has 5 nitrogen and oxygen atoms in total. The fourth-order valence-corrected chi connectivity index (χ4v) is 4.30. The van der Waals surface area contributed by atoms with Crippen LogP contribution in [0.3, 0.4) is 0 Å². The van der Waals surface area contributed by atoms with Gasteiger partial charge in [0, 0.05) is 33.6 Å². The first-order valence-corrected chi connectivity index (χ1v) is 10.4. The van der Waals surface area contributed by atoms with Crippen molar-refractivity contribution in [3.8, 4) is 10.8 Å². The van der Waals surface area contributed by atoms with Crippen LogP contribution in [0.2, 0.25) is 0 Å². The van der Waals surface area contributed by atoms with Gasteiger partial charge in [0.25, 0.3) is 5.91 Å². The fraction of sp³-hybridized carbons (Fsp3) is 0.0952. The van der Waals surface area contributed by atoms with Crippen LogP contribution in [-0.2, 0) is 5.75 Å². The molecule has 1 amide bonds. The maximum Gasteiger partial charge on any atom is 0.275 e. The number of hydrogen-bond acceptors (Lipinski definition) is 6. The van der Waals surface area contributed by atoms with Crippen molar-refractivity contribution in [2.75, 3.05) is 5.32 Å². The SMILES string of the molecule is Cc1sc(-c2ccco2)nc1C(=O)Nc1ccc(SCc2cccnc2)cc1. The number of aromatic nitrogens is 2. The zero-order valence-electron chi connectivity index (χ0n) is 15.1. The minimum absolute atomic E-state index is 0.220. The third kappa shape index (κ3) is 4.32. The lowest BCUT2D eigenvalue weighted by atomic mass is 10.3. The maximum absolute atomic E-state index is 12.6. The number of benzene rings is 1. The molecule has 3 heterocycles. The van der Waals surface area contributed by atoms with E-state index in [0.29, 0.717) is 16.5 Å². The van der Waals surface area contributed by atoms with Crippen molar-refractivity contribution >= 4 is 34.7 Å². The minimum Gasteiger partial charge on any atom is -0.462 e. The smallest absolute Gasteiger partial charge is 0.275 e. The topological polar surface area (TPSA) is 68.0 Å². The molecular weight excluding hydrogens is 390 g/mol. The van der Waals surface area contributed by atoms with Gasteiger partial charge in [0.1, 0.15) is 5.69 Å². The van der Waals surface area contributed by atoms with Crippen LogP contribution in [0.1, 0.15) is 20.9 Å². The number of thioether (sulfide) groups is 1. The van der Waals surface area contributed by atoms with Gasteiger partial charge in [-0.05, 0) is 55.0 Å². The molecule has 4 aromatic rings. The summed E-state index contributed by atoms with van der Waals surface area (Å²) in [7, 11) is 0. The van der Waals surface area contributed by atoms with Crippen LogP contribution >= 0.6 is 23.1 Å². The Morgan fingerprint density at radius 2 is 2.04 bits per heavy atom. The number of carbonyl (C=O) groups excluding carboxylic acids is 1. The Morgan fingerprint density at radius 1 is 1.18 bits per heavy atom. The van der Waals surface area contributed by atoms with Crippen molar-refractivity contribution in [1.29, 1.82) is 0 Å². The lowest BCUT2D eigenvalue weighted by Crippen LogP contribution is -2.13. The highest BCUT2D eigenvalue weighted by molar-refractivity contribution is 7.98. The summed E-state index contributed by atoms with van der Waals surface area (Å²) in [5.74, 6) is 1.30. The van der Waals surface area contributed by atoms with E-state index in [1.807, 2.05) is 49.5 Å². The van der Waals surface area contributed by atoms with Crippen LogP contribution in [0.4, 0.5) is 5.69 Å². The number of furan rings is 1. The van der Waals surface area contributed by atoms with E-state index in [4.69, 9.17) is 4.42 Å². The molecule has 0 radical (unpaired) electrons. The summed E-state index contributed by atoms with van der Waals surface area (Å²) < 4.78 is 5.36. The molecule has 3 aromatic heterocycles. The van der Waals surface area contributed by atoms with Gasteiger partial charge in [-0.1, -0.05) is 6.07 Å². The molecule has 0 aliphatic heterocycles. The standard InChI is InChI=1S/C21H17N3O2S2/c1-14-19(24-21(28-14)18-5-3-11-26-18)20(25)23-16-6-8-17(9-7-16)27-13-15-4-2-10-22-12-15/h2-12H,13H2,1H3,(H,23,25). The molecule has 28 heavy (non-hydrogen) atoms. The van der Waals surface area contributed by atoms with E-state index in [9.17, 15) is 4.79 Å². The van der Waals surface area contributed by atoms with Gasteiger partial charge in [0.2, 0.25) is 0 Å². The molecule has 4 rings (SSSR count). The molecule has 0 aliphatic rings. The number of rotatable bonds is 6. The van der Waals surface area contributed by atoms with Gasteiger partial charge in [-0.25, -0.2) is 4.98 Å². The van der Waals surface area contributed by atoms with E-state index < -0.39 is 0 Å². The number of nitrogens with one attached hydrogen (secondary N) is 1. The molecule has 0 fully saturated rings. The molecular formula is C21H17N3O2S2. The molecule has 0 saturated carbocycles. The summed E-state index contributed by atoms with van der Waals surface area (Å²) >= 11 is 3.17. The molecule has 0 bridgehead atoms. The number of pyridine rings is 1. The molecule has 0 atom stereocenters. The lowest BCUT2D eigenvalue weighted by Gasteiger charge is -2.06. The van der Waals surface area contributed by atoms with Crippen LogP contribution in [-0.4, -0.2) is 15.9 Å². The van der Waals surface area contributed by atoms with E-state index >= 15 is 0 Å². The van der Waals surface area contributed by atoms with Crippen molar-refractivity contribution in [2.45, 2.75) is 17.6 Å². The Balaban J connectivity index is 1.39. The predicted molar refractivity (Wildman–Crippen MR) is 113 cm³/mol. The van der Waals surface area contributed by atoms with Crippen LogP contribution in [0.25, 0.3) is 10.8 Å². The second-order valence-electron chi connectivity index (χ2n) is 6.03. The first-order valence-electron chi connectivity index (χ1n) is 8.63. The van der Waals surface area contributed by atoms with Crippen LogP contribution < -0.4 is 5.32 Å². The van der Waals surface area contributed by atoms with E-state index in [2.05, 4.69) is 21.4 Å². The van der Waals surface area contributed by atoms with Crippen LogP contribution in [0.15, 0.2) is 76.5 Å². The van der Waals surface area contributed by atoms with Gasteiger partial charge >= 0.3 is 0 Å². The average Bonchev–Trinajstić information content (AvgIpc) is 3.38. The molecule has 0 unspecified atom stereocenters. The zero-order chi connectivity index (χ0) is 19.3. The van der Waals surface area contributed by atoms with Gasteiger partial charge in [0.15, 0.2) is 10.8 Å². The Kier molecular flexibility index (Phi) is 5.55. The minimum atomic E-state index is -0.220. The van der Waals surface area contributed by atoms with E-state index in [1.165, 1.54) is 16.9 Å². The molecule has 140 valence electrons. The summed E-state index contributed by atoms with van der Waals surface area (Å²) in [4.78, 5) is 23.1. The quantitative estimate of drug-likeness (QED) is 0.418. The number of hydrogen-bond donors (Lipinski definition) is 1. The highest BCUT2D eigenvalue weighted by Crippen LogP contribution is 2.29. The maximum atomic E-state index is 12.6. The summed E-state index contributed by atoms with van der Waals surface area (Å²) in [6, 6.07) is 15.4. The van der Waals surface area contributed by atoms with Crippen molar-refractivity contribution in [3.63, 3.8) is 0 Å². The number of nitrogens with zero attached hydrogens (tertiary/aromatic N) is 2. The van der Waals surface area contributed by atoms with Gasteiger partial charge in [-0.3, -0.25) is 9.78 Å². The van der Waals surface area contributed by atoms with E-state index in [1.54, 1.807) is 30.3 Å². The molecule has 0 aliphatic carbocycles. The second kappa shape index (κ2) is 8.41. The predicted octanol–water partition coefficient (Wildman–Crippen LogP) is 5.65. The molecule has 1 N–H and O–H groups in total. The van der Waals surface area contributed by atoms with Crippen molar-refractivity contribution < 1.29 is 9.21 Å². The monoisotopic (exact) mass is 407 g/mol. The number of amides is 1. The number of aryl methyl sites for hydroxylation is 1. The Bertz CT molecular complexity index is 1060. The summed E-state index contributed by atoms with van der Waals surface area (Å²) in [6.07, 6.45) is 5.24. The Morgan fingerprint density at radius 3 is 2.75 bits per heavy atom. The molecule has 1 aromatic carbocycles. The van der Waals surface area contributed by atoms with Gasteiger partial charge in [-0.2, -0.15) is 0 Å². The highest BCUT2D eigenvalue weighted by Gasteiger charge is 2.17. The van der Waals surface area contributed by atoms with Crippen molar-refractivity contribution in [2.24, 2.45) is 0 Å². The van der Waals surface area contributed by atoms with Gasteiger partial charge in [-0.15, -0.1) is 23.1 Å². The summed E-state index contributed by atoms with van der Waals surface area (Å²) in [5.41, 5.74) is 2.34. The first kappa shape index (κ1) is 18.5.